The summed E-state index contributed by atoms with van der Waals surface area (Å²) in [6, 6.07) is 6.91. The summed E-state index contributed by atoms with van der Waals surface area (Å²) in [5.41, 5.74) is 0.591. The highest BCUT2D eigenvalue weighted by Crippen LogP contribution is 2.30. The van der Waals surface area contributed by atoms with Gasteiger partial charge in [0.25, 0.3) is 0 Å². The van der Waals surface area contributed by atoms with Gasteiger partial charge in [-0.05, 0) is 18.1 Å². The molecule has 2 aromatic rings. The van der Waals surface area contributed by atoms with E-state index in [0.717, 1.165) is 11.8 Å². The maximum absolute atomic E-state index is 10.7. The molecular formula is C14H17N3O3S. The average Bonchev–Trinajstić information content (AvgIpc) is 2.79. The van der Waals surface area contributed by atoms with Crippen LogP contribution >= 0.6 is 11.8 Å². The molecule has 2 rings (SSSR count). The van der Waals surface area contributed by atoms with Crippen molar-refractivity contribution in [1.82, 2.24) is 14.8 Å². The summed E-state index contributed by atoms with van der Waals surface area (Å²) in [6.07, 6.45) is 0. The van der Waals surface area contributed by atoms with Gasteiger partial charge in [0.1, 0.15) is 5.75 Å². The predicted molar refractivity (Wildman–Crippen MR) is 80.3 cm³/mol. The van der Waals surface area contributed by atoms with Crippen molar-refractivity contribution in [2.45, 2.75) is 25.5 Å². The largest absolute Gasteiger partial charge is 0.507 e. The van der Waals surface area contributed by atoms with Crippen LogP contribution < -0.4 is 0 Å². The van der Waals surface area contributed by atoms with Crippen molar-refractivity contribution in [3.05, 3.63) is 24.3 Å². The van der Waals surface area contributed by atoms with Crippen LogP contribution in [0.5, 0.6) is 5.75 Å². The van der Waals surface area contributed by atoms with Crippen molar-refractivity contribution in [1.29, 1.82) is 0 Å². The Bertz CT molecular complexity index is 640. The normalized spacial score (nSPS) is 11.0. The van der Waals surface area contributed by atoms with Crippen LogP contribution in [0.4, 0.5) is 0 Å². The molecule has 0 unspecified atom stereocenters. The zero-order chi connectivity index (χ0) is 15.4. The molecule has 1 heterocycles. The van der Waals surface area contributed by atoms with E-state index in [0.29, 0.717) is 29.0 Å². The lowest BCUT2D eigenvalue weighted by molar-refractivity contribution is -0.133. The molecule has 0 atom stereocenters. The van der Waals surface area contributed by atoms with Gasteiger partial charge in [-0.15, -0.1) is 10.2 Å². The van der Waals surface area contributed by atoms with E-state index in [-0.39, 0.29) is 11.5 Å². The molecule has 1 aromatic carbocycles. The molecule has 0 spiro atoms. The van der Waals surface area contributed by atoms with Gasteiger partial charge in [0.2, 0.25) is 0 Å². The number of carboxylic acids is 1. The van der Waals surface area contributed by atoms with E-state index in [1.165, 1.54) is 0 Å². The molecule has 0 saturated carbocycles. The highest BCUT2D eigenvalue weighted by atomic mass is 32.2. The first-order chi connectivity index (χ1) is 9.99. The molecule has 0 fully saturated rings. The number of benzene rings is 1. The Labute approximate surface area is 126 Å². The summed E-state index contributed by atoms with van der Waals surface area (Å²) in [4.78, 5) is 10.7. The number of aliphatic carboxylic acids is 1. The van der Waals surface area contributed by atoms with Crippen LogP contribution in [0.25, 0.3) is 11.4 Å². The predicted octanol–water partition coefficient (Wildman–Crippen LogP) is 2.48. The summed E-state index contributed by atoms with van der Waals surface area (Å²) in [7, 11) is 0. The Kier molecular flexibility index (Phi) is 4.85. The van der Waals surface area contributed by atoms with Crippen LogP contribution in [0.1, 0.15) is 13.8 Å². The minimum absolute atomic E-state index is 0.0724. The number of rotatable bonds is 6. The first-order valence-corrected chi connectivity index (χ1v) is 7.53. The Hall–Kier alpha value is -2.02. The second-order valence-electron chi connectivity index (χ2n) is 5.01. The molecule has 112 valence electrons. The van der Waals surface area contributed by atoms with Crippen molar-refractivity contribution in [2.24, 2.45) is 5.92 Å². The number of para-hydroxylation sites is 1. The number of phenolic OH excluding ortho intramolecular Hbond substituents is 1. The van der Waals surface area contributed by atoms with Crippen LogP contribution in [0.3, 0.4) is 0 Å². The van der Waals surface area contributed by atoms with Gasteiger partial charge in [-0.25, -0.2) is 0 Å². The second kappa shape index (κ2) is 6.62. The lowest BCUT2D eigenvalue weighted by Gasteiger charge is -2.12. The fraction of sp³-hybridized carbons (Fsp3) is 0.357. The first kappa shape index (κ1) is 15.4. The van der Waals surface area contributed by atoms with Gasteiger partial charge in [0, 0.05) is 6.54 Å². The molecule has 6 nitrogen and oxygen atoms in total. The van der Waals surface area contributed by atoms with E-state index in [9.17, 15) is 9.90 Å². The summed E-state index contributed by atoms with van der Waals surface area (Å²) in [6.45, 7) is 4.76. The zero-order valence-corrected chi connectivity index (χ0v) is 12.7. The standard InChI is InChI=1S/C14H17N3O3S/c1-9(2)7-17-13(10-5-3-4-6-11(10)18)15-16-14(17)21-8-12(19)20/h3-6,9,18H,7-8H2,1-2H3,(H,19,20). The molecular weight excluding hydrogens is 290 g/mol. The minimum Gasteiger partial charge on any atom is -0.507 e. The van der Waals surface area contributed by atoms with Crippen LogP contribution in [-0.2, 0) is 11.3 Å². The molecule has 0 aliphatic heterocycles. The maximum Gasteiger partial charge on any atom is 0.313 e. The highest BCUT2D eigenvalue weighted by molar-refractivity contribution is 7.99. The average molecular weight is 307 g/mol. The molecule has 7 heteroatoms. The molecule has 0 aliphatic rings. The summed E-state index contributed by atoms with van der Waals surface area (Å²) in [5.74, 6) is 0.0501. The van der Waals surface area contributed by atoms with E-state index in [1.54, 1.807) is 18.2 Å². The van der Waals surface area contributed by atoms with E-state index in [4.69, 9.17) is 5.11 Å². The van der Waals surface area contributed by atoms with Crippen LogP contribution in [-0.4, -0.2) is 36.7 Å². The quantitative estimate of drug-likeness (QED) is 0.797. The maximum atomic E-state index is 10.7. The van der Waals surface area contributed by atoms with E-state index >= 15 is 0 Å². The SMILES string of the molecule is CC(C)Cn1c(SCC(=O)O)nnc1-c1ccccc1O. The van der Waals surface area contributed by atoms with Crippen molar-refractivity contribution < 1.29 is 15.0 Å². The molecule has 0 radical (unpaired) electrons. The zero-order valence-electron chi connectivity index (χ0n) is 11.9. The Morgan fingerprint density at radius 2 is 2.05 bits per heavy atom. The van der Waals surface area contributed by atoms with Gasteiger partial charge >= 0.3 is 5.97 Å². The summed E-state index contributed by atoms with van der Waals surface area (Å²) < 4.78 is 1.85. The molecule has 2 N–H and O–H groups in total. The van der Waals surface area contributed by atoms with E-state index in [2.05, 4.69) is 24.0 Å². The third-order valence-corrected chi connectivity index (χ3v) is 3.69. The van der Waals surface area contributed by atoms with Crippen molar-refractivity contribution in [2.75, 3.05) is 5.75 Å². The van der Waals surface area contributed by atoms with Crippen molar-refractivity contribution in [3.8, 4) is 17.1 Å². The van der Waals surface area contributed by atoms with Crippen molar-refractivity contribution >= 4 is 17.7 Å². The van der Waals surface area contributed by atoms with Crippen molar-refractivity contribution in [3.63, 3.8) is 0 Å². The second-order valence-corrected chi connectivity index (χ2v) is 5.95. The number of carbonyl (C=O) groups is 1. The monoisotopic (exact) mass is 307 g/mol. The number of phenols is 1. The Balaban J connectivity index is 2.41. The number of aromatic nitrogens is 3. The molecule has 0 bridgehead atoms. The number of aromatic hydroxyl groups is 1. The van der Waals surface area contributed by atoms with Gasteiger partial charge in [0.05, 0.1) is 11.3 Å². The number of carboxylic acid groups (broad SMARTS) is 1. The smallest absolute Gasteiger partial charge is 0.313 e. The van der Waals surface area contributed by atoms with Gasteiger partial charge in [0.15, 0.2) is 11.0 Å². The van der Waals surface area contributed by atoms with Crippen LogP contribution in [0, 0.1) is 5.92 Å². The Morgan fingerprint density at radius 3 is 2.67 bits per heavy atom. The number of hydrogen-bond donors (Lipinski definition) is 2. The molecule has 0 amide bonds. The molecule has 0 aliphatic carbocycles. The number of thioether (sulfide) groups is 1. The minimum atomic E-state index is -0.900. The fourth-order valence-electron chi connectivity index (χ4n) is 1.91. The third kappa shape index (κ3) is 3.75. The lowest BCUT2D eigenvalue weighted by atomic mass is 10.1. The van der Waals surface area contributed by atoms with E-state index in [1.807, 2.05) is 10.6 Å². The topological polar surface area (TPSA) is 88.2 Å². The molecule has 1 aromatic heterocycles. The number of hydrogen-bond acceptors (Lipinski definition) is 5. The summed E-state index contributed by atoms with van der Waals surface area (Å²) >= 11 is 1.13. The van der Waals surface area contributed by atoms with Crippen LogP contribution in [0.2, 0.25) is 0 Å². The highest BCUT2D eigenvalue weighted by Gasteiger charge is 2.18. The molecule has 21 heavy (non-hydrogen) atoms. The van der Waals surface area contributed by atoms with Gasteiger partial charge in [-0.1, -0.05) is 37.7 Å². The van der Waals surface area contributed by atoms with Gasteiger partial charge in [-0.3, -0.25) is 4.79 Å². The van der Waals surface area contributed by atoms with E-state index < -0.39 is 5.97 Å². The summed E-state index contributed by atoms with van der Waals surface area (Å²) in [5, 5.41) is 27.5. The van der Waals surface area contributed by atoms with Gasteiger partial charge in [-0.2, -0.15) is 0 Å². The fourth-order valence-corrected chi connectivity index (χ4v) is 2.58. The number of nitrogens with zero attached hydrogens (tertiary/aromatic N) is 3. The third-order valence-electron chi connectivity index (χ3n) is 2.73. The van der Waals surface area contributed by atoms with Crippen LogP contribution in [0.15, 0.2) is 29.4 Å². The lowest BCUT2D eigenvalue weighted by Crippen LogP contribution is -2.09. The first-order valence-electron chi connectivity index (χ1n) is 6.55. The molecule has 0 saturated heterocycles. The van der Waals surface area contributed by atoms with Gasteiger partial charge < -0.3 is 14.8 Å². The Morgan fingerprint density at radius 1 is 1.33 bits per heavy atom.